The van der Waals surface area contributed by atoms with Crippen LogP contribution in [0, 0.1) is 12.8 Å². The predicted molar refractivity (Wildman–Crippen MR) is 89.7 cm³/mol. The van der Waals surface area contributed by atoms with Gasteiger partial charge in [0.2, 0.25) is 5.91 Å². The van der Waals surface area contributed by atoms with Crippen molar-refractivity contribution >= 4 is 23.3 Å². The van der Waals surface area contributed by atoms with Crippen LogP contribution in [0.2, 0.25) is 0 Å². The molecule has 5 nitrogen and oxygen atoms in total. The van der Waals surface area contributed by atoms with E-state index in [4.69, 9.17) is 4.74 Å². The fourth-order valence-electron chi connectivity index (χ4n) is 3.30. The van der Waals surface area contributed by atoms with Gasteiger partial charge in [0.05, 0.1) is 6.61 Å². The van der Waals surface area contributed by atoms with Crippen molar-refractivity contribution in [2.45, 2.75) is 45.1 Å². The minimum absolute atomic E-state index is 0.00734. The van der Waals surface area contributed by atoms with Crippen LogP contribution in [0.25, 0.3) is 0 Å². The van der Waals surface area contributed by atoms with Gasteiger partial charge in [-0.05, 0) is 45.2 Å². The molecule has 1 aliphatic heterocycles. The first-order chi connectivity index (χ1) is 11.1. The number of nitrogens with zero attached hydrogens (tertiary/aromatic N) is 1. The molecule has 0 bridgehead atoms. The lowest BCUT2D eigenvalue weighted by Crippen LogP contribution is -2.50. The Morgan fingerprint density at radius 1 is 1.43 bits per heavy atom. The second-order valence-electron chi connectivity index (χ2n) is 6.39. The normalized spacial score (nSPS) is 26.7. The number of carbonyl (C=O) groups excluding carboxylic acids is 2. The Balaban J connectivity index is 1.53. The molecule has 0 aromatic carbocycles. The molecule has 0 spiro atoms. The molecule has 1 saturated heterocycles. The number of aryl methyl sites for hydroxylation is 1. The molecule has 0 unspecified atom stereocenters. The highest BCUT2D eigenvalue weighted by molar-refractivity contribution is 7.12. The largest absolute Gasteiger partial charge is 0.450 e. The van der Waals surface area contributed by atoms with E-state index in [0.29, 0.717) is 19.1 Å². The maximum Gasteiger partial charge on any atom is 0.407 e. The van der Waals surface area contributed by atoms with Crippen LogP contribution in [0.15, 0.2) is 12.1 Å². The van der Waals surface area contributed by atoms with Crippen molar-refractivity contribution in [3.8, 4) is 0 Å². The maximum absolute atomic E-state index is 12.7. The molecule has 1 N–H and O–H groups in total. The van der Waals surface area contributed by atoms with E-state index in [1.54, 1.807) is 18.3 Å². The Morgan fingerprint density at radius 2 is 2.26 bits per heavy atom. The Morgan fingerprint density at radius 3 is 2.96 bits per heavy atom. The molecule has 3 atom stereocenters. The summed E-state index contributed by atoms with van der Waals surface area (Å²) in [6.07, 6.45) is 2.41. The molecule has 2 heterocycles. The highest BCUT2D eigenvalue weighted by Crippen LogP contribution is 2.50. The number of rotatable bonds is 4. The van der Waals surface area contributed by atoms with Gasteiger partial charge in [-0.25, -0.2) is 4.79 Å². The second-order valence-corrected chi connectivity index (χ2v) is 7.70. The van der Waals surface area contributed by atoms with Gasteiger partial charge >= 0.3 is 6.09 Å². The first-order valence-electron chi connectivity index (χ1n) is 8.37. The summed E-state index contributed by atoms with van der Waals surface area (Å²) in [4.78, 5) is 28.8. The standard InChI is InChI=1S/C17H24N2O3S/c1-3-22-17(21)18-12-5-4-8-19(10-12)16(20)14-9-13(14)15-7-6-11(2)23-15/h6-7,12-14H,3-5,8-10H2,1-2H3,(H,18,21)/t12-,13-,14+/m1/s1. The number of carbonyl (C=O) groups is 2. The number of nitrogens with one attached hydrogen (secondary N) is 1. The van der Waals surface area contributed by atoms with Crippen LogP contribution in [0.3, 0.4) is 0 Å². The summed E-state index contributed by atoms with van der Waals surface area (Å²) in [6.45, 7) is 5.65. The van der Waals surface area contributed by atoms with Crippen molar-refractivity contribution in [3.05, 3.63) is 21.9 Å². The molecule has 6 heteroatoms. The van der Waals surface area contributed by atoms with Crippen molar-refractivity contribution in [2.75, 3.05) is 19.7 Å². The van der Waals surface area contributed by atoms with Crippen molar-refractivity contribution in [2.24, 2.45) is 5.92 Å². The van der Waals surface area contributed by atoms with Gasteiger partial charge in [-0.2, -0.15) is 0 Å². The van der Waals surface area contributed by atoms with Crippen LogP contribution < -0.4 is 5.32 Å². The predicted octanol–water partition coefficient (Wildman–Crippen LogP) is 2.90. The SMILES string of the molecule is CCOC(=O)N[C@@H]1CCCN(C(=O)[C@H]2C[C@H]2c2ccc(C)s2)C1. The quantitative estimate of drug-likeness (QED) is 0.920. The topological polar surface area (TPSA) is 58.6 Å². The number of alkyl carbamates (subject to hydrolysis) is 1. The lowest BCUT2D eigenvalue weighted by Gasteiger charge is -2.33. The lowest BCUT2D eigenvalue weighted by atomic mass is 10.1. The fraction of sp³-hybridized carbons (Fsp3) is 0.647. The number of amides is 2. The second kappa shape index (κ2) is 6.91. The highest BCUT2D eigenvalue weighted by atomic mass is 32.1. The molecule has 0 radical (unpaired) electrons. The van der Waals surface area contributed by atoms with Crippen molar-refractivity contribution in [1.29, 1.82) is 0 Å². The number of likely N-dealkylation sites (tertiary alicyclic amines) is 1. The molecule has 23 heavy (non-hydrogen) atoms. The van der Waals surface area contributed by atoms with E-state index in [9.17, 15) is 9.59 Å². The summed E-state index contributed by atoms with van der Waals surface area (Å²) in [7, 11) is 0. The van der Waals surface area contributed by atoms with E-state index in [0.717, 1.165) is 25.8 Å². The van der Waals surface area contributed by atoms with E-state index in [2.05, 4.69) is 24.4 Å². The summed E-state index contributed by atoms with van der Waals surface area (Å²) >= 11 is 1.80. The number of hydrogen-bond acceptors (Lipinski definition) is 4. The van der Waals surface area contributed by atoms with Gasteiger partial charge in [-0.1, -0.05) is 0 Å². The summed E-state index contributed by atoms with van der Waals surface area (Å²) in [5.74, 6) is 0.783. The Kier molecular flexibility index (Phi) is 4.90. The molecular weight excluding hydrogens is 312 g/mol. The van der Waals surface area contributed by atoms with Crippen LogP contribution >= 0.6 is 11.3 Å². The monoisotopic (exact) mass is 336 g/mol. The highest BCUT2D eigenvalue weighted by Gasteiger charge is 2.47. The van der Waals surface area contributed by atoms with Gasteiger partial charge < -0.3 is 15.0 Å². The van der Waals surface area contributed by atoms with Gasteiger partial charge in [-0.3, -0.25) is 4.79 Å². The van der Waals surface area contributed by atoms with E-state index >= 15 is 0 Å². The molecule has 1 saturated carbocycles. The third kappa shape index (κ3) is 3.86. The Labute approximate surface area is 141 Å². The Hall–Kier alpha value is -1.56. The van der Waals surface area contributed by atoms with Gasteiger partial charge in [0.1, 0.15) is 0 Å². The third-order valence-electron chi connectivity index (χ3n) is 4.56. The van der Waals surface area contributed by atoms with E-state index in [-0.39, 0.29) is 24.0 Å². The van der Waals surface area contributed by atoms with E-state index in [1.165, 1.54) is 9.75 Å². The summed E-state index contributed by atoms with van der Waals surface area (Å²) in [5, 5.41) is 2.86. The number of thiophene rings is 1. The summed E-state index contributed by atoms with van der Waals surface area (Å²) in [5.41, 5.74) is 0. The summed E-state index contributed by atoms with van der Waals surface area (Å²) < 4.78 is 4.93. The number of hydrogen-bond donors (Lipinski definition) is 1. The smallest absolute Gasteiger partial charge is 0.407 e. The minimum Gasteiger partial charge on any atom is -0.450 e. The van der Waals surface area contributed by atoms with E-state index < -0.39 is 0 Å². The molecule has 1 aromatic heterocycles. The van der Waals surface area contributed by atoms with Gasteiger partial charge in [0.15, 0.2) is 0 Å². The van der Waals surface area contributed by atoms with Crippen LogP contribution in [-0.4, -0.2) is 42.6 Å². The van der Waals surface area contributed by atoms with Crippen LogP contribution in [0.1, 0.15) is 41.9 Å². The van der Waals surface area contributed by atoms with Gasteiger partial charge in [-0.15, -0.1) is 11.3 Å². The van der Waals surface area contributed by atoms with Gasteiger partial charge in [0, 0.05) is 40.7 Å². The third-order valence-corrected chi connectivity index (χ3v) is 5.70. The summed E-state index contributed by atoms with van der Waals surface area (Å²) in [6, 6.07) is 4.28. The first kappa shape index (κ1) is 16.3. The number of ether oxygens (including phenoxy) is 1. The molecule has 2 aliphatic rings. The van der Waals surface area contributed by atoms with Crippen LogP contribution in [-0.2, 0) is 9.53 Å². The van der Waals surface area contributed by atoms with Gasteiger partial charge in [0.25, 0.3) is 0 Å². The zero-order valence-corrected chi connectivity index (χ0v) is 14.5. The molecule has 126 valence electrons. The van der Waals surface area contributed by atoms with E-state index in [1.807, 2.05) is 4.90 Å². The molecule has 3 rings (SSSR count). The molecular formula is C17H24N2O3S. The van der Waals surface area contributed by atoms with Crippen LogP contribution in [0.5, 0.6) is 0 Å². The molecule has 1 aliphatic carbocycles. The molecule has 2 amide bonds. The van der Waals surface area contributed by atoms with Crippen LogP contribution in [0.4, 0.5) is 4.79 Å². The van der Waals surface area contributed by atoms with Crippen molar-refractivity contribution in [1.82, 2.24) is 10.2 Å². The average molecular weight is 336 g/mol. The Bertz CT molecular complexity index is 586. The minimum atomic E-state index is -0.384. The number of piperidine rings is 1. The average Bonchev–Trinajstić information content (AvgIpc) is 3.21. The molecule has 1 aromatic rings. The zero-order valence-electron chi connectivity index (χ0n) is 13.7. The zero-order chi connectivity index (χ0) is 16.4. The van der Waals surface area contributed by atoms with Crippen molar-refractivity contribution < 1.29 is 14.3 Å². The fourth-order valence-corrected chi connectivity index (χ4v) is 4.36. The lowest BCUT2D eigenvalue weighted by molar-refractivity contribution is -0.134. The molecule has 2 fully saturated rings. The van der Waals surface area contributed by atoms with Crippen molar-refractivity contribution in [3.63, 3.8) is 0 Å². The maximum atomic E-state index is 12.7. The first-order valence-corrected chi connectivity index (χ1v) is 9.18.